The van der Waals surface area contributed by atoms with Gasteiger partial charge in [-0.15, -0.1) is 0 Å². The van der Waals surface area contributed by atoms with Crippen molar-refractivity contribution in [2.24, 2.45) is 5.92 Å². The Morgan fingerprint density at radius 3 is 2.95 bits per heavy atom. The van der Waals surface area contributed by atoms with Gasteiger partial charge in [0.05, 0.1) is 16.2 Å². The second-order valence-electron chi connectivity index (χ2n) is 5.80. The van der Waals surface area contributed by atoms with Crippen molar-refractivity contribution in [1.82, 2.24) is 0 Å². The molecule has 0 saturated carbocycles. The summed E-state index contributed by atoms with van der Waals surface area (Å²) in [6.07, 6.45) is 1.70. The lowest BCUT2D eigenvalue weighted by atomic mass is 9.80. The third kappa shape index (κ3) is 3.00. The molecule has 3 atom stereocenters. The summed E-state index contributed by atoms with van der Waals surface area (Å²) in [5.41, 5.74) is 0.279. The van der Waals surface area contributed by atoms with Gasteiger partial charge in [-0.3, -0.25) is 0 Å². The highest BCUT2D eigenvalue weighted by Gasteiger charge is 2.42. The topological polar surface area (TPSA) is 29.5 Å². The van der Waals surface area contributed by atoms with Crippen molar-refractivity contribution in [1.29, 1.82) is 0 Å². The molecule has 3 rings (SSSR count). The number of aliphatic hydroxyl groups is 1. The van der Waals surface area contributed by atoms with Gasteiger partial charge in [0.25, 0.3) is 0 Å². The molecule has 2 aliphatic rings. The highest BCUT2D eigenvalue weighted by atomic mass is 79.9. The summed E-state index contributed by atoms with van der Waals surface area (Å²) in [5.74, 6) is 0.198. The molecule has 2 aliphatic heterocycles. The van der Waals surface area contributed by atoms with E-state index in [1.807, 2.05) is 11.8 Å². The first-order valence-electron chi connectivity index (χ1n) is 7.06. The maximum atomic E-state index is 13.7. The lowest BCUT2D eigenvalue weighted by molar-refractivity contribution is -0.102. The van der Waals surface area contributed by atoms with Gasteiger partial charge in [0.15, 0.2) is 11.6 Å². The van der Waals surface area contributed by atoms with Gasteiger partial charge in [-0.05, 0) is 58.5 Å². The van der Waals surface area contributed by atoms with Crippen LogP contribution in [0.2, 0.25) is 0 Å². The number of ether oxygens (including phenoxy) is 1. The Hall–Kier alpha value is -0.170. The summed E-state index contributed by atoms with van der Waals surface area (Å²) in [5, 5.41) is 10.6. The van der Waals surface area contributed by atoms with Crippen LogP contribution in [0.3, 0.4) is 0 Å². The Bertz CT molecular complexity index is 535. The summed E-state index contributed by atoms with van der Waals surface area (Å²) in [6, 6.07) is 2.53. The fourth-order valence-electron chi connectivity index (χ4n) is 3.22. The van der Waals surface area contributed by atoms with E-state index in [4.69, 9.17) is 4.74 Å². The zero-order chi connectivity index (χ0) is 15.0. The van der Waals surface area contributed by atoms with Gasteiger partial charge in [0.2, 0.25) is 0 Å². The lowest BCUT2D eigenvalue weighted by Gasteiger charge is -2.39. The number of hydrogen-bond acceptors (Lipinski definition) is 3. The number of benzene rings is 1. The van der Waals surface area contributed by atoms with E-state index in [0.717, 1.165) is 36.8 Å². The van der Waals surface area contributed by atoms with Crippen molar-refractivity contribution in [3.8, 4) is 0 Å². The molecule has 1 N–H and O–H groups in total. The SMILES string of the molecule is OC(c1ccc(F)c(F)c1Br)C1CCOC2(CCSC2)C1. The summed E-state index contributed by atoms with van der Waals surface area (Å²) in [6.45, 7) is 0.615. The Morgan fingerprint density at radius 1 is 1.43 bits per heavy atom. The maximum Gasteiger partial charge on any atom is 0.173 e. The molecule has 0 aliphatic carbocycles. The Kier molecular flexibility index (Phi) is 4.60. The van der Waals surface area contributed by atoms with Crippen LogP contribution in [0.5, 0.6) is 0 Å². The van der Waals surface area contributed by atoms with Crippen molar-refractivity contribution in [3.05, 3.63) is 33.8 Å². The molecule has 0 bridgehead atoms. The molecule has 2 saturated heterocycles. The van der Waals surface area contributed by atoms with E-state index < -0.39 is 17.7 Å². The molecule has 3 unspecified atom stereocenters. The Morgan fingerprint density at radius 2 is 2.24 bits per heavy atom. The number of halogens is 3. The molecule has 2 heterocycles. The van der Waals surface area contributed by atoms with E-state index in [9.17, 15) is 13.9 Å². The van der Waals surface area contributed by atoms with Gasteiger partial charge >= 0.3 is 0 Å². The second kappa shape index (κ2) is 6.14. The van der Waals surface area contributed by atoms with Crippen molar-refractivity contribution in [3.63, 3.8) is 0 Å². The molecule has 1 aromatic rings. The first-order valence-corrected chi connectivity index (χ1v) is 9.00. The van der Waals surface area contributed by atoms with E-state index >= 15 is 0 Å². The molecule has 0 radical (unpaired) electrons. The van der Waals surface area contributed by atoms with Crippen LogP contribution in [-0.4, -0.2) is 28.8 Å². The van der Waals surface area contributed by atoms with Crippen LogP contribution in [0, 0.1) is 17.6 Å². The molecule has 1 aromatic carbocycles. The number of thioether (sulfide) groups is 1. The summed E-state index contributed by atoms with van der Waals surface area (Å²) >= 11 is 4.93. The molecule has 1 spiro atoms. The molecule has 116 valence electrons. The van der Waals surface area contributed by atoms with Crippen LogP contribution in [-0.2, 0) is 4.74 Å². The van der Waals surface area contributed by atoms with Gasteiger partial charge in [0.1, 0.15) is 0 Å². The molecule has 0 amide bonds. The van der Waals surface area contributed by atoms with Gasteiger partial charge in [0, 0.05) is 12.4 Å². The predicted octanol–water partition coefficient (Wildman–Crippen LogP) is 4.06. The average molecular weight is 379 g/mol. The van der Waals surface area contributed by atoms with E-state index in [-0.39, 0.29) is 16.0 Å². The molecule has 2 nitrogen and oxygen atoms in total. The minimum atomic E-state index is -0.940. The minimum Gasteiger partial charge on any atom is -0.388 e. The standard InChI is InChI=1S/C15H17BrF2O2S/c16-12-10(1-2-11(17)13(12)18)14(19)9-3-5-20-15(7-9)4-6-21-8-15/h1-2,9,14,19H,3-8H2. The molecule has 6 heteroatoms. The van der Waals surface area contributed by atoms with Crippen LogP contribution in [0.1, 0.15) is 30.9 Å². The largest absolute Gasteiger partial charge is 0.388 e. The number of aliphatic hydroxyl groups excluding tert-OH is 1. The van der Waals surface area contributed by atoms with Crippen molar-refractivity contribution < 1.29 is 18.6 Å². The maximum absolute atomic E-state index is 13.7. The van der Waals surface area contributed by atoms with Gasteiger partial charge in [-0.1, -0.05) is 6.07 Å². The molecular formula is C15H17BrF2O2S. The predicted molar refractivity (Wildman–Crippen MR) is 82.4 cm³/mol. The van der Waals surface area contributed by atoms with Crippen LogP contribution in [0.15, 0.2) is 16.6 Å². The third-order valence-corrected chi connectivity index (χ3v) is 6.46. The normalized spacial score (nSPS) is 30.8. The molecule has 0 aromatic heterocycles. The first kappa shape index (κ1) is 15.7. The van der Waals surface area contributed by atoms with E-state index in [0.29, 0.717) is 12.2 Å². The third-order valence-electron chi connectivity index (χ3n) is 4.43. The minimum absolute atomic E-state index is 0.0126. The Balaban J connectivity index is 1.81. The molecule has 2 fully saturated rings. The van der Waals surface area contributed by atoms with E-state index in [1.54, 1.807) is 0 Å². The number of hydrogen-bond donors (Lipinski definition) is 1. The average Bonchev–Trinajstić information content (AvgIpc) is 2.92. The summed E-state index contributed by atoms with van der Waals surface area (Å²) < 4.78 is 32.8. The fraction of sp³-hybridized carbons (Fsp3) is 0.600. The monoisotopic (exact) mass is 378 g/mol. The summed E-state index contributed by atoms with van der Waals surface area (Å²) in [4.78, 5) is 0. The van der Waals surface area contributed by atoms with Gasteiger partial charge in [-0.2, -0.15) is 11.8 Å². The van der Waals surface area contributed by atoms with Crippen molar-refractivity contribution in [2.45, 2.75) is 31.0 Å². The molecular weight excluding hydrogens is 362 g/mol. The van der Waals surface area contributed by atoms with Crippen LogP contribution in [0.4, 0.5) is 8.78 Å². The first-order chi connectivity index (χ1) is 10.0. The molecule has 21 heavy (non-hydrogen) atoms. The van der Waals surface area contributed by atoms with E-state index in [1.165, 1.54) is 6.07 Å². The smallest absolute Gasteiger partial charge is 0.173 e. The summed E-state index contributed by atoms with van der Waals surface area (Å²) in [7, 11) is 0. The van der Waals surface area contributed by atoms with Crippen LogP contribution in [0.25, 0.3) is 0 Å². The number of rotatable bonds is 2. The van der Waals surface area contributed by atoms with Gasteiger partial charge in [-0.25, -0.2) is 8.78 Å². The van der Waals surface area contributed by atoms with E-state index in [2.05, 4.69) is 15.9 Å². The second-order valence-corrected chi connectivity index (χ2v) is 7.69. The van der Waals surface area contributed by atoms with Gasteiger partial charge < -0.3 is 9.84 Å². The zero-order valence-corrected chi connectivity index (χ0v) is 13.9. The lowest BCUT2D eigenvalue weighted by Crippen LogP contribution is -2.41. The van der Waals surface area contributed by atoms with Crippen molar-refractivity contribution >= 4 is 27.7 Å². The zero-order valence-electron chi connectivity index (χ0n) is 11.4. The van der Waals surface area contributed by atoms with Crippen molar-refractivity contribution in [2.75, 3.05) is 18.1 Å². The Labute approximate surface area is 135 Å². The highest BCUT2D eigenvalue weighted by molar-refractivity contribution is 9.10. The highest BCUT2D eigenvalue weighted by Crippen LogP contribution is 2.45. The van der Waals surface area contributed by atoms with Crippen LogP contribution >= 0.6 is 27.7 Å². The fourth-order valence-corrected chi connectivity index (χ4v) is 5.16. The quantitative estimate of drug-likeness (QED) is 0.786. The van der Waals surface area contributed by atoms with Crippen LogP contribution < -0.4 is 0 Å².